The van der Waals surface area contributed by atoms with Crippen LogP contribution in [0.4, 0.5) is 0 Å². The second-order valence-corrected chi connectivity index (χ2v) is 22.0. The lowest BCUT2D eigenvalue weighted by molar-refractivity contribution is -0.167. The third-order valence-corrected chi connectivity index (χ3v) is 14.8. The Balaban J connectivity index is 4.02. The highest BCUT2D eigenvalue weighted by Crippen LogP contribution is 2.18. The van der Waals surface area contributed by atoms with Gasteiger partial charge in [-0.15, -0.1) is 0 Å². The number of rotatable bonds is 60. The Labute approximate surface area is 443 Å². The number of esters is 3. The number of carbonyl (C=O) groups is 3. The lowest BCUT2D eigenvalue weighted by atomic mass is 10.0. The summed E-state index contributed by atoms with van der Waals surface area (Å²) in [7, 11) is 0. The Hall–Kier alpha value is -1.85. The van der Waals surface area contributed by atoms with E-state index in [-0.39, 0.29) is 31.1 Å². The highest BCUT2D eigenvalue weighted by molar-refractivity contribution is 5.71. The van der Waals surface area contributed by atoms with Crippen LogP contribution in [0.3, 0.4) is 0 Å². The first kappa shape index (κ1) is 69.2. The predicted octanol–water partition coefficient (Wildman–Crippen LogP) is 21.7. The SMILES string of the molecule is CCCCCCCCCC/C=C\CCCCCCCCCCCCCCCC(=O)OCC(COC(=O)CCCCCCCC)OC(=O)CCCCCCCCCCCCCCCCCCCCCCCC. The summed E-state index contributed by atoms with van der Waals surface area (Å²) in [5.41, 5.74) is 0. The van der Waals surface area contributed by atoms with Crippen LogP contribution >= 0.6 is 0 Å². The molecule has 0 radical (unpaired) electrons. The van der Waals surface area contributed by atoms with Crippen molar-refractivity contribution < 1.29 is 28.6 Å². The zero-order chi connectivity index (χ0) is 51.4. The fraction of sp³-hybridized carbons (Fsp3) is 0.923. The Bertz CT molecular complexity index is 1100. The Morgan fingerprint density at radius 3 is 0.704 bits per heavy atom. The van der Waals surface area contributed by atoms with Gasteiger partial charge in [-0.3, -0.25) is 14.4 Å². The Morgan fingerprint density at radius 1 is 0.268 bits per heavy atom. The van der Waals surface area contributed by atoms with Gasteiger partial charge in [0.05, 0.1) is 0 Å². The van der Waals surface area contributed by atoms with Crippen molar-refractivity contribution in [3.8, 4) is 0 Å². The minimum absolute atomic E-state index is 0.0645. The average molecular weight is 1000 g/mol. The van der Waals surface area contributed by atoms with Crippen LogP contribution in [0.2, 0.25) is 0 Å². The standard InChI is InChI=1S/C65H124O6/c1-4-7-10-13-16-18-20-22-24-26-28-30-32-33-34-36-37-39-41-43-45-47-49-52-55-58-64(67)70-61-62(60-69-63(66)57-54-51-15-12-9-6-3)71-65(68)59-56-53-50-48-46-44-42-40-38-35-31-29-27-25-23-21-19-17-14-11-8-5-2/h26,28,62H,4-25,27,29-61H2,1-3H3/b28-26-. The molecule has 0 aliphatic rings. The quantitative estimate of drug-likeness (QED) is 0.0261. The number of ether oxygens (including phenoxy) is 3. The zero-order valence-corrected chi connectivity index (χ0v) is 48.3. The van der Waals surface area contributed by atoms with E-state index in [1.165, 1.54) is 270 Å². The summed E-state index contributed by atoms with van der Waals surface area (Å²) >= 11 is 0. The average Bonchev–Trinajstić information content (AvgIpc) is 3.37. The van der Waals surface area contributed by atoms with Gasteiger partial charge in [0, 0.05) is 19.3 Å². The molecule has 0 aromatic rings. The first-order chi connectivity index (χ1) is 35.0. The van der Waals surface area contributed by atoms with E-state index in [0.29, 0.717) is 19.3 Å². The lowest BCUT2D eigenvalue weighted by Crippen LogP contribution is -2.30. The molecule has 71 heavy (non-hydrogen) atoms. The molecule has 0 amide bonds. The monoisotopic (exact) mass is 1000 g/mol. The van der Waals surface area contributed by atoms with Gasteiger partial charge < -0.3 is 14.2 Å². The maximum Gasteiger partial charge on any atom is 0.306 e. The molecule has 0 heterocycles. The van der Waals surface area contributed by atoms with Crippen molar-refractivity contribution in [2.24, 2.45) is 0 Å². The molecule has 1 atom stereocenters. The van der Waals surface area contributed by atoms with Crippen molar-refractivity contribution in [1.82, 2.24) is 0 Å². The van der Waals surface area contributed by atoms with E-state index in [4.69, 9.17) is 14.2 Å². The Morgan fingerprint density at radius 2 is 0.465 bits per heavy atom. The number of hydrogen-bond acceptors (Lipinski definition) is 6. The van der Waals surface area contributed by atoms with Crippen molar-refractivity contribution in [2.75, 3.05) is 13.2 Å². The minimum Gasteiger partial charge on any atom is -0.462 e. The van der Waals surface area contributed by atoms with Gasteiger partial charge >= 0.3 is 17.9 Å². The molecule has 0 fully saturated rings. The van der Waals surface area contributed by atoms with E-state index in [2.05, 4.69) is 32.9 Å². The highest BCUT2D eigenvalue weighted by atomic mass is 16.6. The van der Waals surface area contributed by atoms with Crippen LogP contribution in [0, 0.1) is 0 Å². The summed E-state index contributed by atoms with van der Waals surface area (Å²) in [5.74, 6) is -0.847. The molecule has 0 aliphatic heterocycles. The van der Waals surface area contributed by atoms with E-state index in [9.17, 15) is 14.4 Å². The number of allylic oxidation sites excluding steroid dienone is 2. The van der Waals surface area contributed by atoms with Gasteiger partial charge in [-0.25, -0.2) is 0 Å². The van der Waals surface area contributed by atoms with Crippen LogP contribution in [-0.2, 0) is 28.6 Å². The van der Waals surface area contributed by atoms with Gasteiger partial charge in [0.25, 0.3) is 0 Å². The zero-order valence-electron chi connectivity index (χ0n) is 48.3. The van der Waals surface area contributed by atoms with Gasteiger partial charge in [-0.2, -0.15) is 0 Å². The second kappa shape index (κ2) is 60.7. The molecule has 6 heteroatoms. The topological polar surface area (TPSA) is 78.9 Å². The smallest absolute Gasteiger partial charge is 0.306 e. The number of hydrogen-bond donors (Lipinski definition) is 0. The van der Waals surface area contributed by atoms with E-state index in [1.54, 1.807) is 0 Å². The van der Waals surface area contributed by atoms with E-state index in [1.807, 2.05) is 0 Å². The van der Waals surface area contributed by atoms with Crippen LogP contribution in [0.25, 0.3) is 0 Å². The largest absolute Gasteiger partial charge is 0.462 e. The van der Waals surface area contributed by atoms with Crippen LogP contribution < -0.4 is 0 Å². The molecular formula is C65H124O6. The van der Waals surface area contributed by atoms with Gasteiger partial charge in [0.2, 0.25) is 0 Å². The molecule has 420 valence electrons. The predicted molar refractivity (Wildman–Crippen MR) is 307 cm³/mol. The molecule has 0 N–H and O–H groups in total. The normalized spacial score (nSPS) is 12.0. The minimum atomic E-state index is -0.763. The first-order valence-electron chi connectivity index (χ1n) is 32.2. The fourth-order valence-corrected chi connectivity index (χ4v) is 9.91. The maximum atomic E-state index is 12.8. The molecule has 0 aliphatic carbocycles. The lowest BCUT2D eigenvalue weighted by Gasteiger charge is -2.18. The second-order valence-electron chi connectivity index (χ2n) is 22.0. The molecule has 0 aromatic heterocycles. The molecule has 0 bridgehead atoms. The fourth-order valence-electron chi connectivity index (χ4n) is 9.91. The summed E-state index contributed by atoms with van der Waals surface area (Å²) < 4.78 is 16.8. The van der Waals surface area contributed by atoms with Crippen LogP contribution in [0.1, 0.15) is 367 Å². The van der Waals surface area contributed by atoms with Crippen molar-refractivity contribution in [3.05, 3.63) is 12.2 Å². The molecule has 0 saturated carbocycles. The van der Waals surface area contributed by atoms with Gasteiger partial charge in [-0.05, 0) is 44.9 Å². The summed E-state index contributed by atoms with van der Waals surface area (Å²) in [6.45, 7) is 6.65. The molecule has 0 rings (SSSR count). The van der Waals surface area contributed by atoms with E-state index < -0.39 is 6.10 Å². The van der Waals surface area contributed by atoms with Gasteiger partial charge in [0.15, 0.2) is 6.10 Å². The van der Waals surface area contributed by atoms with Crippen LogP contribution in [0.15, 0.2) is 12.2 Å². The summed E-state index contributed by atoms with van der Waals surface area (Å²) in [6, 6.07) is 0. The van der Waals surface area contributed by atoms with Crippen LogP contribution in [-0.4, -0.2) is 37.2 Å². The van der Waals surface area contributed by atoms with Crippen molar-refractivity contribution in [2.45, 2.75) is 374 Å². The molecule has 0 saturated heterocycles. The third kappa shape index (κ3) is 58.9. The van der Waals surface area contributed by atoms with E-state index in [0.717, 1.165) is 57.8 Å². The third-order valence-electron chi connectivity index (χ3n) is 14.8. The maximum absolute atomic E-state index is 12.8. The van der Waals surface area contributed by atoms with Crippen molar-refractivity contribution in [3.63, 3.8) is 0 Å². The summed E-state index contributed by atoms with van der Waals surface area (Å²) in [4.78, 5) is 38.0. The first-order valence-corrected chi connectivity index (χ1v) is 32.2. The number of carbonyl (C=O) groups excluding carboxylic acids is 3. The molecule has 0 spiro atoms. The molecule has 0 aromatic carbocycles. The van der Waals surface area contributed by atoms with Crippen molar-refractivity contribution >= 4 is 17.9 Å². The Kier molecular flexibility index (Phi) is 59.1. The summed E-state index contributed by atoms with van der Waals surface area (Å²) in [5, 5.41) is 0. The molecule has 6 nitrogen and oxygen atoms in total. The molecular weight excluding hydrogens is 877 g/mol. The highest BCUT2D eigenvalue weighted by Gasteiger charge is 2.19. The van der Waals surface area contributed by atoms with Crippen LogP contribution in [0.5, 0.6) is 0 Å². The molecule has 1 unspecified atom stereocenters. The number of unbranched alkanes of at least 4 members (excludes halogenated alkanes) is 47. The van der Waals surface area contributed by atoms with Crippen molar-refractivity contribution in [1.29, 1.82) is 0 Å². The van der Waals surface area contributed by atoms with Gasteiger partial charge in [-0.1, -0.05) is 315 Å². The van der Waals surface area contributed by atoms with E-state index >= 15 is 0 Å². The van der Waals surface area contributed by atoms with Gasteiger partial charge in [0.1, 0.15) is 13.2 Å². The summed E-state index contributed by atoms with van der Waals surface area (Å²) in [6.07, 6.45) is 71.2.